The topological polar surface area (TPSA) is 15.3 Å². The molecule has 0 aromatic carbocycles. The van der Waals surface area contributed by atoms with Gasteiger partial charge in [0.05, 0.1) is 0 Å². The fourth-order valence-corrected chi connectivity index (χ4v) is 2.28. The first-order valence-corrected chi connectivity index (χ1v) is 6.26. The van der Waals surface area contributed by atoms with Crippen LogP contribution in [0.25, 0.3) is 0 Å². The summed E-state index contributed by atoms with van der Waals surface area (Å²) in [5, 5.41) is 3.65. The summed E-state index contributed by atoms with van der Waals surface area (Å²) in [7, 11) is 0. The van der Waals surface area contributed by atoms with Crippen molar-refractivity contribution in [1.82, 2.24) is 10.2 Å². The lowest BCUT2D eigenvalue weighted by molar-refractivity contribution is 0.203. The molecule has 0 aliphatic heterocycles. The summed E-state index contributed by atoms with van der Waals surface area (Å²) in [6, 6.07) is 2.49. The zero-order valence-corrected chi connectivity index (χ0v) is 9.63. The molecule has 82 valence electrons. The highest BCUT2D eigenvalue weighted by Crippen LogP contribution is 2.28. The van der Waals surface area contributed by atoms with Crippen molar-refractivity contribution in [1.29, 1.82) is 0 Å². The quantitative estimate of drug-likeness (QED) is 0.699. The van der Waals surface area contributed by atoms with Crippen LogP contribution in [-0.4, -0.2) is 36.1 Å². The van der Waals surface area contributed by atoms with E-state index in [1.54, 1.807) is 0 Å². The standard InChI is InChI=1S/C12H24N2/c1-10(2)14(12-6-7-12)9-8-13-11-4-3-5-11/h10-13H,3-9H2,1-2H3. The Labute approximate surface area is 88.1 Å². The maximum atomic E-state index is 3.65. The van der Waals surface area contributed by atoms with Crippen molar-refractivity contribution in [3.8, 4) is 0 Å². The number of hydrogen-bond acceptors (Lipinski definition) is 2. The van der Waals surface area contributed by atoms with Crippen LogP contribution >= 0.6 is 0 Å². The van der Waals surface area contributed by atoms with Gasteiger partial charge in [0, 0.05) is 31.2 Å². The van der Waals surface area contributed by atoms with Gasteiger partial charge < -0.3 is 5.32 Å². The third kappa shape index (κ3) is 2.71. The van der Waals surface area contributed by atoms with E-state index in [0.717, 1.165) is 18.1 Å². The van der Waals surface area contributed by atoms with E-state index in [9.17, 15) is 0 Å². The summed E-state index contributed by atoms with van der Waals surface area (Å²) in [5.41, 5.74) is 0. The van der Waals surface area contributed by atoms with E-state index >= 15 is 0 Å². The molecule has 0 radical (unpaired) electrons. The second kappa shape index (κ2) is 4.63. The summed E-state index contributed by atoms with van der Waals surface area (Å²) in [5.74, 6) is 0. The normalized spacial score (nSPS) is 23.1. The molecule has 0 spiro atoms. The second-order valence-electron chi connectivity index (χ2n) is 5.14. The minimum Gasteiger partial charge on any atom is -0.313 e. The number of nitrogens with zero attached hydrogens (tertiary/aromatic N) is 1. The minimum atomic E-state index is 0.727. The summed E-state index contributed by atoms with van der Waals surface area (Å²) < 4.78 is 0. The first-order valence-electron chi connectivity index (χ1n) is 6.26. The lowest BCUT2D eigenvalue weighted by atomic mass is 9.93. The Hall–Kier alpha value is -0.0800. The summed E-state index contributed by atoms with van der Waals surface area (Å²) in [6.07, 6.45) is 7.12. The van der Waals surface area contributed by atoms with Crippen LogP contribution in [0.15, 0.2) is 0 Å². The summed E-state index contributed by atoms with van der Waals surface area (Å²) in [4.78, 5) is 2.66. The van der Waals surface area contributed by atoms with Crippen molar-refractivity contribution in [2.24, 2.45) is 0 Å². The molecule has 2 nitrogen and oxygen atoms in total. The lowest BCUT2D eigenvalue weighted by Gasteiger charge is -2.30. The molecule has 14 heavy (non-hydrogen) atoms. The first-order chi connectivity index (χ1) is 6.77. The number of rotatable bonds is 6. The fraction of sp³-hybridized carbons (Fsp3) is 1.00. The highest BCUT2D eigenvalue weighted by Gasteiger charge is 2.30. The zero-order chi connectivity index (χ0) is 9.97. The molecule has 0 aromatic heterocycles. The van der Waals surface area contributed by atoms with Gasteiger partial charge in [-0.05, 0) is 39.5 Å². The van der Waals surface area contributed by atoms with Gasteiger partial charge in [-0.1, -0.05) is 6.42 Å². The first kappa shape index (κ1) is 10.4. The Bertz CT molecular complexity index is 169. The fourth-order valence-electron chi connectivity index (χ4n) is 2.28. The van der Waals surface area contributed by atoms with E-state index in [0.29, 0.717) is 0 Å². The van der Waals surface area contributed by atoms with Gasteiger partial charge in [-0.2, -0.15) is 0 Å². The van der Waals surface area contributed by atoms with Gasteiger partial charge in [0.25, 0.3) is 0 Å². The molecule has 0 heterocycles. The van der Waals surface area contributed by atoms with Crippen LogP contribution < -0.4 is 5.32 Å². The van der Waals surface area contributed by atoms with Crippen LogP contribution in [0.5, 0.6) is 0 Å². The van der Waals surface area contributed by atoms with Gasteiger partial charge in [0.2, 0.25) is 0 Å². The summed E-state index contributed by atoms with van der Waals surface area (Å²) in [6.45, 7) is 7.08. The third-order valence-electron chi connectivity index (χ3n) is 3.59. The SMILES string of the molecule is CC(C)N(CCNC1CCC1)C1CC1. The van der Waals surface area contributed by atoms with Gasteiger partial charge >= 0.3 is 0 Å². The van der Waals surface area contributed by atoms with Crippen LogP contribution in [0.1, 0.15) is 46.0 Å². The molecule has 0 aromatic rings. The van der Waals surface area contributed by atoms with E-state index in [-0.39, 0.29) is 0 Å². The molecule has 2 aliphatic carbocycles. The van der Waals surface area contributed by atoms with Crippen LogP contribution in [0.2, 0.25) is 0 Å². The Morgan fingerprint density at radius 2 is 1.93 bits per heavy atom. The van der Waals surface area contributed by atoms with Crippen LogP contribution in [0.4, 0.5) is 0 Å². The maximum absolute atomic E-state index is 3.65. The highest BCUT2D eigenvalue weighted by molar-refractivity contribution is 4.87. The average Bonchev–Trinajstić information content (AvgIpc) is 2.83. The van der Waals surface area contributed by atoms with E-state index in [1.165, 1.54) is 45.2 Å². The molecule has 0 saturated heterocycles. The Balaban J connectivity index is 1.61. The van der Waals surface area contributed by atoms with Crippen LogP contribution in [0.3, 0.4) is 0 Å². The van der Waals surface area contributed by atoms with Gasteiger partial charge in [0.1, 0.15) is 0 Å². The zero-order valence-electron chi connectivity index (χ0n) is 9.63. The molecule has 1 N–H and O–H groups in total. The number of nitrogens with one attached hydrogen (secondary N) is 1. The predicted molar refractivity (Wildman–Crippen MR) is 60.5 cm³/mol. The monoisotopic (exact) mass is 196 g/mol. The Kier molecular flexibility index (Phi) is 3.45. The predicted octanol–water partition coefficient (Wildman–Crippen LogP) is 2.00. The highest BCUT2D eigenvalue weighted by atomic mass is 15.2. The molecule has 2 aliphatic rings. The van der Waals surface area contributed by atoms with Gasteiger partial charge in [-0.3, -0.25) is 4.90 Å². The van der Waals surface area contributed by atoms with Crippen molar-refractivity contribution in [2.75, 3.05) is 13.1 Å². The van der Waals surface area contributed by atoms with Gasteiger partial charge in [-0.25, -0.2) is 0 Å². The van der Waals surface area contributed by atoms with Gasteiger partial charge in [0.15, 0.2) is 0 Å². The van der Waals surface area contributed by atoms with Crippen molar-refractivity contribution in [3.05, 3.63) is 0 Å². The molecule has 2 saturated carbocycles. The van der Waals surface area contributed by atoms with E-state index < -0.39 is 0 Å². The number of hydrogen-bond donors (Lipinski definition) is 1. The van der Waals surface area contributed by atoms with Crippen molar-refractivity contribution in [3.63, 3.8) is 0 Å². The molecule has 0 atom stereocenters. The van der Waals surface area contributed by atoms with Crippen LogP contribution in [-0.2, 0) is 0 Å². The van der Waals surface area contributed by atoms with E-state index in [1.807, 2.05) is 0 Å². The molecule has 2 rings (SSSR count). The lowest BCUT2D eigenvalue weighted by Crippen LogP contribution is -2.43. The van der Waals surface area contributed by atoms with Crippen molar-refractivity contribution >= 4 is 0 Å². The molecule has 0 bridgehead atoms. The maximum Gasteiger partial charge on any atom is 0.0113 e. The van der Waals surface area contributed by atoms with Crippen LogP contribution in [0, 0.1) is 0 Å². The second-order valence-corrected chi connectivity index (χ2v) is 5.14. The summed E-state index contributed by atoms with van der Waals surface area (Å²) >= 11 is 0. The van der Waals surface area contributed by atoms with E-state index in [4.69, 9.17) is 0 Å². The molecule has 2 heteroatoms. The Morgan fingerprint density at radius 3 is 2.36 bits per heavy atom. The molecular weight excluding hydrogens is 172 g/mol. The largest absolute Gasteiger partial charge is 0.313 e. The Morgan fingerprint density at radius 1 is 1.21 bits per heavy atom. The molecule has 2 fully saturated rings. The third-order valence-corrected chi connectivity index (χ3v) is 3.59. The molecule has 0 unspecified atom stereocenters. The molecule has 0 amide bonds. The average molecular weight is 196 g/mol. The van der Waals surface area contributed by atoms with E-state index in [2.05, 4.69) is 24.1 Å². The van der Waals surface area contributed by atoms with Crippen molar-refractivity contribution < 1.29 is 0 Å². The minimum absolute atomic E-state index is 0.727. The molecular formula is C12H24N2. The smallest absolute Gasteiger partial charge is 0.0113 e. The van der Waals surface area contributed by atoms with Gasteiger partial charge in [-0.15, -0.1) is 0 Å². The van der Waals surface area contributed by atoms with Crippen molar-refractivity contribution in [2.45, 2.75) is 64.1 Å².